The number of nitrogens with zero attached hydrogens (tertiary/aromatic N) is 1. The van der Waals surface area contributed by atoms with Gasteiger partial charge in [0, 0.05) is 12.6 Å². The summed E-state index contributed by atoms with van der Waals surface area (Å²) in [6.45, 7) is 12.0. The highest BCUT2D eigenvalue weighted by Gasteiger charge is 2.23. The quantitative estimate of drug-likeness (QED) is 0.676. The second-order valence-corrected chi connectivity index (χ2v) is 6.14. The molecule has 19 heavy (non-hydrogen) atoms. The van der Waals surface area contributed by atoms with E-state index in [0.29, 0.717) is 18.6 Å². The zero-order valence-corrected chi connectivity index (χ0v) is 13.2. The minimum absolute atomic E-state index is 0.329. The Bertz CT molecular complexity index is 209. The third-order valence-corrected chi connectivity index (χ3v) is 4.75. The maximum atomic E-state index is 9.10. The van der Waals surface area contributed by atoms with Gasteiger partial charge in [0.15, 0.2) is 0 Å². The molecule has 1 fully saturated rings. The molecule has 2 N–H and O–H groups in total. The van der Waals surface area contributed by atoms with E-state index in [1.54, 1.807) is 0 Å². The van der Waals surface area contributed by atoms with Crippen molar-refractivity contribution < 1.29 is 5.11 Å². The third kappa shape index (κ3) is 6.24. The van der Waals surface area contributed by atoms with Crippen LogP contribution in [0.3, 0.4) is 0 Å². The average molecular weight is 270 g/mol. The van der Waals surface area contributed by atoms with E-state index in [9.17, 15) is 0 Å². The fourth-order valence-electron chi connectivity index (χ4n) is 3.23. The van der Waals surface area contributed by atoms with E-state index < -0.39 is 0 Å². The van der Waals surface area contributed by atoms with Crippen LogP contribution in [0.2, 0.25) is 0 Å². The van der Waals surface area contributed by atoms with Crippen molar-refractivity contribution in [3.8, 4) is 0 Å². The molecule has 1 rings (SSSR count). The molecular weight excluding hydrogens is 236 g/mol. The predicted octanol–water partition coefficient (Wildman–Crippen LogP) is 2.50. The van der Waals surface area contributed by atoms with Gasteiger partial charge in [-0.25, -0.2) is 0 Å². The number of aliphatic hydroxyl groups is 1. The first-order valence-corrected chi connectivity index (χ1v) is 8.27. The number of hydrogen-bond donors (Lipinski definition) is 2. The van der Waals surface area contributed by atoms with Crippen molar-refractivity contribution in [2.45, 2.75) is 58.9 Å². The summed E-state index contributed by atoms with van der Waals surface area (Å²) in [5, 5.41) is 12.8. The van der Waals surface area contributed by atoms with Crippen LogP contribution in [0.25, 0.3) is 0 Å². The minimum Gasteiger partial charge on any atom is -0.396 e. The second-order valence-electron chi connectivity index (χ2n) is 6.14. The summed E-state index contributed by atoms with van der Waals surface area (Å²) in [5.41, 5.74) is 0. The Balaban J connectivity index is 2.24. The first-order chi connectivity index (χ1) is 9.21. The second kappa shape index (κ2) is 9.73. The van der Waals surface area contributed by atoms with E-state index in [0.717, 1.165) is 18.9 Å². The molecular formula is C16H34N2O. The minimum atomic E-state index is 0.329. The Labute approximate surface area is 119 Å². The summed E-state index contributed by atoms with van der Waals surface area (Å²) in [5.74, 6) is 1.48. The molecule has 1 aliphatic rings. The van der Waals surface area contributed by atoms with Gasteiger partial charge in [0.05, 0.1) is 0 Å². The maximum Gasteiger partial charge on any atom is 0.0434 e. The lowest BCUT2D eigenvalue weighted by molar-refractivity contribution is 0.164. The summed E-state index contributed by atoms with van der Waals surface area (Å²) in [4.78, 5) is 2.55. The lowest BCUT2D eigenvalue weighted by Crippen LogP contribution is -2.43. The van der Waals surface area contributed by atoms with Crippen LogP contribution in [-0.4, -0.2) is 48.8 Å². The van der Waals surface area contributed by atoms with E-state index in [1.165, 1.54) is 45.3 Å². The van der Waals surface area contributed by atoms with Crippen molar-refractivity contribution in [3.05, 3.63) is 0 Å². The first kappa shape index (κ1) is 16.9. The smallest absolute Gasteiger partial charge is 0.0434 e. The van der Waals surface area contributed by atoms with Gasteiger partial charge in [0.2, 0.25) is 0 Å². The molecule has 0 radical (unpaired) electrons. The largest absolute Gasteiger partial charge is 0.396 e. The Kier molecular flexibility index (Phi) is 8.67. The van der Waals surface area contributed by atoms with E-state index in [2.05, 4.69) is 31.0 Å². The van der Waals surface area contributed by atoms with Crippen molar-refractivity contribution in [2.24, 2.45) is 11.8 Å². The number of aliphatic hydroxyl groups excluding tert-OH is 1. The SMILES string of the molecule is CCCC(CCO)CNC(C)C1CCN(CC)CC1. The number of piperidine rings is 1. The Morgan fingerprint density at radius 3 is 2.42 bits per heavy atom. The average Bonchev–Trinajstić information content (AvgIpc) is 2.45. The zero-order valence-electron chi connectivity index (χ0n) is 13.2. The maximum absolute atomic E-state index is 9.10. The number of likely N-dealkylation sites (tertiary alicyclic amines) is 1. The molecule has 2 atom stereocenters. The molecule has 1 heterocycles. The molecule has 0 aromatic carbocycles. The lowest BCUT2D eigenvalue weighted by Gasteiger charge is -2.35. The summed E-state index contributed by atoms with van der Waals surface area (Å²) in [7, 11) is 0. The zero-order chi connectivity index (χ0) is 14.1. The van der Waals surface area contributed by atoms with Gasteiger partial charge in [-0.3, -0.25) is 0 Å². The topological polar surface area (TPSA) is 35.5 Å². The van der Waals surface area contributed by atoms with Crippen LogP contribution in [0.15, 0.2) is 0 Å². The van der Waals surface area contributed by atoms with Crippen LogP contribution in [0.5, 0.6) is 0 Å². The highest BCUT2D eigenvalue weighted by Crippen LogP contribution is 2.21. The molecule has 0 aliphatic carbocycles. The van der Waals surface area contributed by atoms with Crippen molar-refractivity contribution in [2.75, 3.05) is 32.8 Å². The van der Waals surface area contributed by atoms with Crippen molar-refractivity contribution >= 4 is 0 Å². The van der Waals surface area contributed by atoms with E-state index in [1.807, 2.05) is 0 Å². The molecule has 0 bridgehead atoms. The molecule has 0 amide bonds. The standard InChI is InChI=1S/C16H34N2O/c1-4-6-15(9-12-19)13-17-14(3)16-7-10-18(5-2)11-8-16/h14-17,19H,4-13H2,1-3H3. The highest BCUT2D eigenvalue weighted by atomic mass is 16.3. The number of nitrogens with one attached hydrogen (secondary N) is 1. The van der Waals surface area contributed by atoms with Gasteiger partial charge in [-0.1, -0.05) is 20.3 Å². The summed E-state index contributed by atoms with van der Waals surface area (Å²) in [6.07, 6.45) is 6.06. The summed E-state index contributed by atoms with van der Waals surface area (Å²) < 4.78 is 0. The first-order valence-electron chi connectivity index (χ1n) is 8.27. The molecule has 0 aromatic rings. The predicted molar refractivity (Wildman–Crippen MR) is 82.4 cm³/mol. The van der Waals surface area contributed by atoms with Gasteiger partial charge in [-0.2, -0.15) is 0 Å². The molecule has 1 saturated heterocycles. The molecule has 0 aromatic heterocycles. The number of hydrogen-bond acceptors (Lipinski definition) is 3. The normalized spacial score (nSPS) is 21.5. The van der Waals surface area contributed by atoms with Crippen LogP contribution in [0.1, 0.15) is 52.9 Å². The van der Waals surface area contributed by atoms with Crippen LogP contribution in [0.4, 0.5) is 0 Å². The van der Waals surface area contributed by atoms with E-state index in [-0.39, 0.29) is 0 Å². The molecule has 0 spiro atoms. The fourth-order valence-corrected chi connectivity index (χ4v) is 3.23. The van der Waals surface area contributed by atoms with Crippen LogP contribution < -0.4 is 5.32 Å². The van der Waals surface area contributed by atoms with Gasteiger partial charge in [-0.05, 0) is 70.6 Å². The van der Waals surface area contributed by atoms with Gasteiger partial charge < -0.3 is 15.3 Å². The highest BCUT2D eigenvalue weighted by molar-refractivity contribution is 4.80. The molecule has 1 aliphatic heterocycles. The summed E-state index contributed by atoms with van der Waals surface area (Å²) >= 11 is 0. The Morgan fingerprint density at radius 1 is 1.21 bits per heavy atom. The molecule has 3 heteroatoms. The van der Waals surface area contributed by atoms with E-state index in [4.69, 9.17) is 5.11 Å². The van der Waals surface area contributed by atoms with Gasteiger partial charge in [0.25, 0.3) is 0 Å². The van der Waals surface area contributed by atoms with E-state index >= 15 is 0 Å². The summed E-state index contributed by atoms with van der Waals surface area (Å²) in [6, 6.07) is 0.622. The van der Waals surface area contributed by atoms with Crippen molar-refractivity contribution in [1.29, 1.82) is 0 Å². The van der Waals surface area contributed by atoms with Crippen LogP contribution in [-0.2, 0) is 0 Å². The van der Waals surface area contributed by atoms with Crippen LogP contribution >= 0.6 is 0 Å². The van der Waals surface area contributed by atoms with Gasteiger partial charge in [-0.15, -0.1) is 0 Å². The number of rotatable bonds is 9. The molecule has 2 unspecified atom stereocenters. The Morgan fingerprint density at radius 2 is 1.89 bits per heavy atom. The molecule has 0 saturated carbocycles. The molecule has 114 valence electrons. The Hall–Kier alpha value is -0.120. The fraction of sp³-hybridized carbons (Fsp3) is 1.00. The third-order valence-electron chi connectivity index (χ3n) is 4.75. The van der Waals surface area contributed by atoms with Crippen molar-refractivity contribution in [3.63, 3.8) is 0 Å². The lowest BCUT2D eigenvalue weighted by atomic mass is 9.89. The monoisotopic (exact) mass is 270 g/mol. The van der Waals surface area contributed by atoms with Gasteiger partial charge >= 0.3 is 0 Å². The molecule has 3 nitrogen and oxygen atoms in total. The van der Waals surface area contributed by atoms with Gasteiger partial charge in [0.1, 0.15) is 0 Å². The van der Waals surface area contributed by atoms with Crippen LogP contribution in [0, 0.1) is 11.8 Å². The van der Waals surface area contributed by atoms with Crippen molar-refractivity contribution in [1.82, 2.24) is 10.2 Å².